The van der Waals surface area contributed by atoms with Crippen molar-refractivity contribution >= 4 is 29.7 Å². The van der Waals surface area contributed by atoms with Crippen molar-refractivity contribution in [1.82, 2.24) is 4.98 Å². The minimum Gasteiger partial charge on any atom is -0.355 e. The monoisotopic (exact) mass is 207 g/mol. The van der Waals surface area contributed by atoms with Gasteiger partial charge in [-0.2, -0.15) is 12.6 Å². The lowest BCUT2D eigenvalue weighted by molar-refractivity contribution is 0.812. The summed E-state index contributed by atoms with van der Waals surface area (Å²) in [4.78, 5) is 3.19. The summed E-state index contributed by atoms with van der Waals surface area (Å²) in [5.41, 5.74) is 3.56. The summed E-state index contributed by atoms with van der Waals surface area (Å²) in [6.45, 7) is 9.84. The predicted molar refractivity (Wildman–Crippen MR) is 68.3 cm³/mol. The van der Waals surface area contributed by atoms with Crippen LogP contribution in [0.5, 0.6) is 0 Å². The van der Waals surface area contributed by atoms with Crippen LogP contribution in [0.15, 0.2) is 24.8 Å². The van der Waals surface area contributed by atoms with E-state index in [-0.39, 0.29) is 4.75 Å². The highest BCUT2D eigenvalue weighted by Crippen LogP contribution is 2.17. The van der Waals surface area contributed by atoms with Crippen molar-refractivity contribution in [3.05, 3.63) is 30.3 Å². The number of aromatic amines is 1. The summed E-state index contributed by atoms with van der Waals surface area (Å²) in [7, 11) is 0. The predicted octanol–water partition coefficient (Wildman–Crippen LogP) is 3.96. The number of hydrogen-bond donors (Lipinski definition) is 2. The van der Waals surface area contributed by atoms with Crippen LogP contribution in [-0.4, -0.2) is 9.73 Å². The fourth-order valence-electron chi connectivity index (χ4n) is 1.08. The molecule has 2 aromatic heterocycles. The molecular formula is C12H17NS. The molecule has 76 valence electrons. The van der Waals surface area contributed by atoms with Crippen molar-refractivity contribution in [1.29, 1.82) is 0 Å². The molecular weight excluding hydrogens is 190 g/mol. The first-order valence-electron chi connectivity index (χ1n) is 4.66. The van der Waals surface area contributed by atoms with Crippen LogP contribution in [-0.2, 0) is 0 Å². The third-order valence-corrected chi connectivity index (χ3v) is 1.55. The van der Waals surface area contributed by atoms with Crippen LogP contribution in [0, 0.1) is 0 Å². The summed E-state index contributed by atoms with van der Waals surface area (Å²) in [6, 6.07) is 6.21. The molecule has 2 aromatic rings. The number of thiol groups is 1. The Bertz CT molecular complexity index is 389. The van der Waals surface area contributed by atoms with Gasteiger partial charge in [0, 0.05) is 15.8 Å². The smallest absolute Gasteiger partial charge is 0.0459 e. The second-order valence-electron chi connectivity index (χ2n) is 4.30. The second kappa shape index (κ2) is 4.09. The Morgan fingerprint density at radius 2 is 1.93 bits per heavy atom. The number of rotatable bonds is 1. The van der Waals surface area contributed by atoms with Crippen LogP contribution in [0.3, 0.4) is 0 Å². The third-order valence-electron chi connectivity index (χ3n) is 1.55. The van der Waals surface area contributed by atoms with E-state index < -0.39 is 0 Å². The summed E-state index contributed by atoms with van der Waals surface area (Å²) in [5, 5.41) is 0. The minimum absolute atomic E-state index is 0.194. The van der Waals surface area contributed by atoms with E-state index in [0.717, 1.165) is 0 Å². The summed E-state index contributed by atoms with van der Waals surface area (Å²) in [5.74, 6) is 0. The van der Waals surface area contributed by atoms with E-state index >= 15 is 0 Å². The zero-order valence-electron chi connectivity index (χ0n) is 8.96. The largest absolute Gasteiger partial charge is 0.355 e. The molecule has 2 bridgehead atoms. The highest BCUT2D eigenvalue weighted by molar-refractivity contribution is 7.81. The number of aromatic nitrogens is 1. The molecule has 0 aromatic carbocycles. The van der Waals surface area contributed by atoms with Gasteiger partial charge in [-0.05, 0) is 23.8 Å². The van der Waals surface area contributed by atoms with Gasteiger partial charge in [0.05, 0.1) is 0 Å². The van der Waals surface area contributed by atoms with E-state index in [9.17, 15) is 0 Å². The Kier molecular flexibility index (Phi) is 3.27. The molecule has 0 atom stereocenters. The second-order valence-corrected chi connectivity index (χ2v) is 5.64. The van der Waals surface area contributed by atoms with Gasteiger partial charge in [0.15, 0.2) is 0 Å². The van der Waals surface area contributed by atoms with Gasteiger partial charge in [0.1, 0.15) is 0 Å². The first kappa shape index (κ1) is 11.2. The number of H-pyrrole nitrogens is 1. The molecule has 0 saturated heterocycles. The molecule has 1 nitrogen and oxygen atoms in total. The van der Waals surface area contributed by atoms with Crippen LogP contribution < -0.4 is 0 Å². The Morgan fingerprint density at radius 1 is 1.36 bits per heavy atom. The van der Waals surface area contributed by atoms with Gasteiger partial charge >= 0.3 is 0 Å². The number of fused-ring (bicyclic) bond motifs is 2. The van der Waals surface area contributed by atoms with Crippen LogP contribution in [0.4, 0.5) is 0 Å². The molecule has 0 unspecified atom stereocenters. The zero-order chi connectivity index (χ0) is 10.8. The molecule has 2 rings (SSSR count). The lowest BCUT2D eigenvalue weighted by Crippen LogP contribution is -1.99. The molecule has 0 fully saturated rings. The fraction of sp³-hybridized carbons (Fsp3) is 0.333. The fourth-order valence-corrected chi connectivity index (χ4v) is 1.08. The Morgan fingerprint density at radius 3 is 2.14 bits per heavy atom. The third kappa shape index (κ3) is 3.46. The van der Waals surface area contributed by atoms with Crippen LogP contribution in [0.25, 0.3) is 17.1 Å². The first-order chi connectivity index (χ1) is 6.40. The Hall–Kier alpha value is -0.890. The summed E-state index contributed by atoms with van der Waals surface area (Å²) < 4.78 is 0.194. The molecule has 0 radical (unpaired) electrons. The standard InChI is InChI=1S/C8H7N.C4H10S/c1-2-6-5-7-3-4-8(6)9-7;1-4(2,3)5/h2-5,9H,1H2;5H,1-3H3. The zero-order valence-corrected chi connectivity index (χ0v) is 9.86. The highest BCUT2D eigenvalue weighted by atomic mass is 32.1. The van der Waals surface area contributed by atoms with Gasteiger partial charge in [-0.25, -0.2) is 0 Å². The van der Waals surface area contributed by atoms with Gasteiger partial charge < -0.3 is 4.98 Å². The lowest BCUT2D eigenvalue weighted by atomic mass is 10.2. The van der Waals surface area contributed by atoms with Gasteiger partial charge in [0.25, 0.3) is 0 Å². The summed E-state index contributed by atoms with van der Waals surface area (Å²) >= 11 is 4.12. The maximum Gasteiger partial charge on any atom is 0.0459 e. The molecule has 1 N–H and O–H groups in total. The minimum atomic E-state index is 0.194. The molecule has 0 spiro atoms. The molecule has 0 aliphatic heterocycles. The summed E-state index contributed by atoms with van der Waals surface area (Å²) in [6.07, 6.45) is 1.86. The maximum absolute atomic E-state index is 4.12. The van der Waals surface area contributed by atoms with Crippen molar-refractivity contribution in [3.63, 3.8) is 0 Å². The molecule has 2 heterocycles. The molecule has 14 heavy (non-hydrogen) atoms. The topological polar surface area (TPSA) is 15.8 Å². The number of hydrogen-bond acceptors (Lipinski definition) is 1. The van der Waals surface area contributed by atoms with Crippen molar-refractivity contribution in [2.24, 2.45) is 0 Å². The van der Waals surface area contributed by atoms with Crippen LogP contribution in [0.2, 0.25) is 0 Å². The van der Waals surface area contributed by atoms with Crippen molar-refractivity contribution < 1.29 is 0 Å². The van der Waals surface area contributed by atoms with Gasteiger partial charge in [-0.15, -0.1) is 0 Å². The van der Waals surface area contributed by atoms with Crippen molar-refractivity contribution in [3.8, 4) is 0 Å². The number of benzene rings is 1. The van der Waals surface area contributed by atoms with Crippen molar-refractivity contribution in [2.45, 2.75) is 25.5 Å². The molecule has 0 amide bonds. The quantitative estimate of drug-likeness (QED) is 0.658. The molecule has 0 saturated carbocycles. The number of nitrogens with one attached hydrogen (secondary N) is 1. The average molecular weight is 207 g/mol. The Labute approximate surface area is 91.0 Å². The molecule has 2 heteroatoms. The van der Waals surface area contributed by atoms with E-state index in [2.05, 4.69) is 63.2 Å². The Balaban J connectivity index is 0.000000171. The van der Waals surface area contributed by atoms with E-state index in [1.54, 1.807) is 0 Å². The van der Waals surface area contributed by atoms with Crippen LogP contribution in [0.1, 0.15) is 26.3 Å². The highest BCUT2D eigenvalue weighted by Gasteiger charge is 1.98. The van der Waals surface area contributed by atoms with E-state index in [4.69, 9.17) is 0 Å². The first-order valence-corrected chi connectivity index (χ1v) is 5.11. The van der Waals surface area contributed by atoms with Gasteiger partial charge in [0.2, 0.25) is 0 Å². The molecule has 0 aliphatic rings. The lowest BCUT2D eigenvalue weighted by Gasteiger charge is -2.04. The van der Waals surface area contributed by atoms with Gasteiger partial charge in [-0.3, -0.25) is 0 Å². The average Bonchev–Trinajstić information content (AvgIpc) is 2.60. The normalized spacial score (nSPS) is 11.1. The molecule has 0 aliphatic carbocycles. The maximum atomic E-state index is 4.12. The van der Waals surface area contributed by atoms with E-state index in [1.165, 1.54) is 16.6 Å². The van der Waals surface area contributed by atoms with E-state index in [1.807, 2.05) is 6.08 Å². The van der Waals surface area contributed by atoms with Crippen LogP contribution >= 0.6 is 12.6 Å². The van der Waals surface area contributed by atoms with Crippen molar-refractivity contribution in [2.75, 3.05) is 0 Å². The SMILES string of the molecule is C=Cc1cc2ccc1[nH]2.CC(C)(C)S. The van der Waals surface area contributed by atoms with E-state index in [0.29, 0.717) is 0 Å². The van der Waals surface area contributed by atoms with Gasteiger partial charge in [-0.1, -0.05) is 33.4 Å².